The van der Waals surface area contributed by atoms with E-state index in [0.717, 1.165) is 0 Å². The van der Waals surface area contributed by atoms with Crippen LogP contribution in [-0.2, 0) is 9.84 Å². The molecule has 13 heavy (non-hydrogen) atoms. The topological polar surface area (TPSA) is 86.6 Å². The molecule has 0 saturated carbocycles. The zero-order valence-electron chi connectivity index (χ0n) is 7.47. The molecule has 0 bridgehead atoms. The average molecular weight is 209 g/mol. The van der Waals surface area contributed by atoms with Crippen molar-refractivity contribution < 1.29 is 18.6 Å². The van der Waals surface area contributed by atoms with Crippen LogP contribution in [0.5, 0.6) is 0 Å². The van der Waals surface area contributed by atoms with Crippen LogP contribution in [0, 0.1) is 0 Å². The summed E-state index contributed by atoms with van der Waals surface area (Å²) in [5, 5.41) is 21.1. The van der Waals surface area contributed by atoms with Crippen molar-refractivity contribution in [3.8, 4) is 0 Å². The summed E-state index contributed by atoms with van der Waals surface area (Å²) in [4.78, 5) is 0. The van der Waals surface area contributed by atoms with E-state index in [0.29, 0.717) is 6.54 Å². The Bertz CT molecular complexity index is 262. The molecule has 0 aromatic heterocycles. The SMILES string of the molecule is C[C@H](O)CN[C@@H]1CS(=O)(=O)C[C@H]1O. The Morgan fingerprint density at radius 3 is 2.54 bits per heavy atom. The summed E-state index contributed by atoms with van der Waals surface area (Å²) >= 11 is 0. The van der Waals surface area contributed by atoms with E-state index < -0.39 is 28.1 Å². The van der Waals surface area contributed by atoms with E-state index in [1.165, 1.54) is 0 Å². The van der Waals surface area contributed by atoms with E-state index in [1.807, 2.05) is 0 Å². The van der Waals surface area contributed by atoms with E-state index in [-0.39, 0.29) is 11.5 Å². The number of aliphatic hydroxyl groups excluding tert-OH is 2. The molecule has 0 unspecified atom stereocenters. The summed E-state index contributed by atoms with van der Waals surface area (Å²) in [5.41, 5.74) is 0. The summed E-state index contributed by atoms with van der Waals surface area (Å²) in [6.07, 6.45) is -1.38. The third kappa shape index (κ3) is 3.22. The molecule has 1 saturated heterocycles. The van der Waals surface area contributed by atoms with Gasteiger partial charge in [-0.2, -0.15) is 0 Å². The average Bonchev–Trinajstić information content (AvgIpc) is 2.20. The van der Waals surface area contributed by atoms with Gasteiger partial charge in [-0.1, -0.05) is 0 Å². The monoisotopic (exact) mass is 209 g/mol. The van der Waals surface area contributed by atoms with Gasteiger partial charge in [0.05, 0.1) is 23.7 Å². The van der Waals surface area contributed by atoms with Gasteiger partial charge >= 0.3 is 0 Å². The number of hydrogen-bond acceptors (Lipinski definition) is 5. The molecule has 78 valence electrons. The molecular weight excluding hydrogens is 194 g/mol. The smallest absolute Gasteiger partial charge is 0.154 e. The maximum Gasteiger partial charge on any atom is 0.154 e. The van der Waals surface area contributed by atoms with Crippen molar-refractivity contribution >= 4 is 9.84 Å². The van der Waals surface area contributed by atoms with Crippen LogP contribution in [0.2, 0.25) is 0 Å². The fraction of sp³-hybridized carbons (Fsp3) is 1.00. The summed E-state index contributed by atoms with van der Waals surface area (Å²) in [7, 11) is -3.09. The maximum atomic E-state index is 11.0. The van der Waals surface area contributed by atoms with Crippen LogP contribution in [0.25, 0.3) is 0 Å². The molecule has 1 aliphatic heterocycles. The number of aliphatic hydroxyl groups is 2. The zero-order chi connectivity index (χ0) is 10.1. The van der Waals surface area contributed by atoms with Gasteiger partial charge in [-0.05, 0) is 6.92 Å². The van der Waals surface area contributed by atoms with Crippen LogP contribution in [0.1, 0.15) is 6.92 Å². The lowest BCUT2D eigenvalue weighted by Gasteiger charge is -2.15. The lowest BCUT2D eigenvalue weighted by Crippen LogP contribution is -2.42. The molecule has 0 aliphatic carbocycles. The van der Waals surface area contributed by atoms with Gasteiger partial charge in [0.1, 0.15) is 0 Å². The first-order valence-corrected chi connectivity index (χ1v) is 6.03. The second-order valence-corrected chi connectivity index (χ2v) is 5.66. The van der Waals surface area contributed by atoms with Crippen LogP contribution in [0.4, 0.5) is 0 Å². The minimum atomic E-state index is -3.09. The zero-order valence-corrected chi connectivity index (χ0v) is 8.29. The van der Waals surface area contributed by atoms with Gasteiger partial charge in [0, 0.05) is 12.6 Å². The quantitative estimate of drug-likeness (QED) is 0.506. The molecule has 1 rings (SSSR count). The fourth-order valence-electron chi connectivity index (χ4n) is 1.35. The number of hydrogen-bond donors (Lipinski definition) is 3. The summed E-state index contributed by atoms with van der Waals surface area (Å²) in [6.45, 7) is 1.90. The molecule has 1 fully saturated rings. The van der Waals surface area contributed by atoms with E-state index in [1.54, 1.807) is 6.92 Å². The van der Waals surface area contributed by atoms with Gasteiger partial charge in [0.2, 0.25) is 0 Å². The van der Waals surface area contributed by atoms with Crippen LogP contribution < -0.4 is 5.32 Å². The van der Waals surface area contributed by atoms with E-state index >= 15 is 0 Å². The molecule has 0 aromatic carbocycles. The molecule has 0 aromatic rings. The van der Waals surface area contributed by atoms with Gasteiger partial charge < -0.3 is 15.5 Å². The molecule has 0 amide bonds. The van der Waals surface area contributed by atoms with Crippen LogP contribution >= 0.6 is 0 Å². The van der Waals surface area contributed by atoms with E-state index in [2.05, 4.69) is 5.32 Å². The molecule has 5 nitrogen and oxygen atoms in total. The van der Waals surface area contributed by atoms with Gasteiger partial charge in [0.25, 0.3) is 0 Å². The predicted octanol–water partition coefficient (Wildman–Crippen LogP) is -1.89. The Kier molecular flexibility index (Phi) is 3.28. The largest absolute Gasteiger partial charge is 0.392 e. The van der Waals surface area contributed by atoms with Crippen LogP contribution in [0.3, 0.4) is 0 Å². The van der Waals surface area contributed by atoms with Crippen molar-refractivity contribution in [1.29, 1.82) is 0 Å². The molecule has 1 aliphatic rings. The van der Waals surface area contributed by atoms with Gasteiger partial charge in [-0.15, -0.1) is 0 Å². The Hall–Kier alpha value is -0.170. The van der Waals surface area contributed by atoms with Crippen molar-refractivity contribution in [2.75, 3.05) is 18.1 Å². The highest BCUT2D eigenvalue weighted by atomic mass is 32.2. The molecular formula is C7H15NO4S. The summed E-state index contributed by atoms with van der Waals surface area (Å²) < 4.78 is 22.1. The molecule has 3 N–H and O–H groups in total. The van der Waals surface area contributed by atoms with Gasteiger partial charge in [-0.3, -0.25) is 0 Å². The number of nitrogens with one attached hydrogen (secondary N) is 1. The summed E-state index contributed by atoms with van der Waals surface area (Å²) in [6, 6.07) is -0.431. The Morgan fingerprint density at radius 1 is 1.54 bits per heavy atom. The van der Waals surface area contributed by atoms with Gasteiger partial charge in [-0.25, -0.2) is 8.42 Å². The molecule has 0 spiro atoms. The van der Waals surface area contributed by atoms with Crippen LogP contribution in [0.15, 0.2) is 0 Å². The highest BCUT2D eigenvalue weighted by molar-refractivity contribution is 7.91. The second-order valence-electron chi connectivity index (χ2n) is 3.51. The Labute approximate surface area is 77.7 Å². The highest BCUT2D eigenvalue weighted by Crippen LogP contribution is 2.12. The lowest BCUT2D eigenvalue weighted by molar-refractivity contribution is 0.143. The number of rotatable bonds is 3. The first-order chi connectivity index (χ1) is 5.91. The second kappa shape index (κ2) is 3.91. The minimum absolute atomic E-state index is 0.0408. The van der Waals surface area contributed by atoms with Crippen molar-refractivity contribution in [2.45, 2.75) is 25.2 Å². The molecule has 3 atom stereocenters. The fourth-order valence-corrected chi connectivity index (χ4v) is 3.12. The summed E-state index contributed by atoms with van der Waals surface area (Å²) in [5.74, 6) is -0.217. The maximum absolute atomic E-state index is 11.0. The molecule has 1 heterocycles. The minimum Gasteiger partial charge on any atom is -0.392 e. The van der Waals surface area contributed by atoms with Crippen molar-refractivity contribution in [3.63, 3.8) is 0 Å². The van der Waals surface area contributed by atoms with E-state index in [9.17, 15) is 13.5 Å². The van der Waals surface area contributed by atoms with Crippen molar-refractivity contribution in [3.05, 3.63) is 0 Å². The highest BCUT2D eigenvalue weighted by Gasteiger charge is 2.35. The van der Waals surface area contributed by atoms with Crippen LogP contribution in [-0.4, -0.2) is 54.9 Å². The normalized spacial score (nSPS) is 34.7. The molecule has 6 heteroatoms. The standard InChI is InChI=1S/C7H15NO4S/c1-5(9)2-8-6-3-13(11,12)4-7(6)10/h5-10H,2-4H2,1H3/t5-,6+,7+/m0/s1. The number of sulfone groups is 1. The molecule has 0 radical (unpaired) electrons. The first kappa shape index (κ1) is 10.9. The first-order valence-electron chi connectivity index (χ1n) is 4.20. The Morgan fingerprint density at radius 2 is 2.15 bits per heavy atom. The van der Waals surface area contributed by atoms with Crippen molar-refractivity contribution in [1.82, 2.24) is 5.32 Å². The predicted molar refractivity (Wildman–Crippen MR) is 48.1 cm³/mol. The van der Waals surface area contributed by atoms with Gasteiger partial charge in [0.15, 0.2) is 9.84 Å². The third-order valence-corrected chi connectivity index (χ3v) is 3.71. The van der Waals surface area contributed by atoms with Crippen molar-refractivity contribution in [2.24, 2.45) is 0 Å². The lowest BCUT2D eigenvalue weighted by atomic mass is 10.2. The van der Waals surface area contributed by atoms with E-state index in [4.69, 9.17) is 5.11 Å². The Balaban J connectivity index is 2.44. The third-order valence-electron chi connectivity index (χ3n) is 2.00.